The molecule has 3 rings (SSSR count). The summed E-state index contributed by atoms with van der Waals surface area (Å²) in [7, 11) is 0. The molecule has 4 nitrogen and oxygen atoms in total. The molecule has 1 aromatic heterocycles. The molecule has 0 spiro atoms. The average Bonchev–Trinajstić information content (AvgIpc) is 3.04. The van der Waals surface area contributed by atoms with E-state index in [1.54, 1.807) is 11.8 Å². The van der Waals surface area contributed by atoms with Crippen LogP contribution in [0.3, 0.4) is 0 Å². The molecular weight excluding hydrogens is 389 g/mol. The SMILES string of the molecule is CCn1c(COc2cc(C)ccc2Cl)nnc1SCc1ccc(Cl)cc1. The molecule has 0 aliphatic rings. The van der Waals surface area contributed by atoms with Crippen LogP contribution in [-0.4, -0.2) is 14.8 Å². The van der Waals surface area contributed by atoms with E-state index in [1.165, 1.54) is 5.56 Å². The fourth-order valence-electron chi connectivity index (χ4n) is 2.44. The minimum absolute atomic E-state index is 0.325. The Kier molecular flexibility index (Phi) is 6.46. The molecule has 0 N–H and O–H groups in total. The van der Waals surface area contributed by atoms with Gasteiger partial charge in [0.25, 0.3) is 0 Å². The van der Waals surface area contributed by atoms with Gasteiger partial charge in [-0.1, -0.05) is 53.2 Å². The van der Waals surface area contributed by atoms with E-state index in [9.17, 15) is 0 Å². The second-order valence-corrected chi connectivity index (χ2v) is 7.57. The van der Waals surface area contributed by atoms with Crippen LogP contribution in [0.25, 0.3) is 0 Å². The highest BCUT2D eigenvalue weighted by molar-refractivity contribution is 7.98. The van der Waals surface area contributed by atoms with Crippen molar-refractivity contribution in [2.75, 3.05) is 0 Å². The molecule has 26 heavy (non-hydrogen) atoms. The number of hydrogen-bond donors (Lipinski definition) is 0. The monoisotopic (exact) mass is 407 g/mol. The lowest BCUT2D eigenvalue weighted by Gasteiger charge is -2.10. The number of halogens is 2. The van der Waals surface area contributed by atoms with E-state index < -0.39 is 0 Å². The van der Waals surface area contributed by atoms with Crippen LogP contribution in [-0.2, 0) is 18.9 Å². The van der Waals surface area contributed by atoms with Gasteiger partial charge in [0.2, 0.25) is 0 Å². The molecule has 0 amide bonds. The number of nitrogens with zero attached hydrogens (tertiary/aromatic N) is 3. The Bertz CT molecular complexity index is 881. The number of hydrogen-bond acceptors (Lipinski definition) is 4. The van der Waals surface area contributed by atoms with Gasteiger partial charge < -0.3 is 9.30 Å². The minimum atomic E-state index is 0.325. The summed E-state index contributed by atoms with van der Waals surface area (Å²) in [5.41, 5.74) is 2.29. The Hall–Kier alpha value is -1.69. The van der Waals surface area contributed by atoms with Crippen LogP contribution in [0.5, 0.6) is 5.75 Å². The van der Waals surface area contributed by atoms with Crippen LogP contribution in [0.1, 0.15) is 23.9 Å². The summed E-state index contributed by atoms with van der Waals surface area (Å²) in [5, 5.41) is 10.8. The molecule has 2 aromatic carbocycles. The summed E-state index contributed by atoms with van der Waals surface area (Å²) >= 11 is 13.8. The fraction of sp³-hybridized carbons (Fsp3) is 0.263. The van der Waals surface area contributed by atoms with E-state index in [-0.39, 0.29) is 0 Å². The van der Waals surface area contributed by atoms with Gasteiger partial charge in [-0.15, -0.1) is 10.2 Å². The van der Waals surface area contributed by atoms with Crippen LogP contribution in [0.4, 0.5) is 0 Å². The lowest BCUT2D eigenvalue weighted by atomic mass is 10.2. The van der Waals surface area contributed by atoms with Gasteiger partial charge in [-0.3, -0.25) is 0 Å². The van der Waals surface area contributed by atoms with Gasteiger partial charge in [-0.25, -0.2) is 0 Å². The number of ether oxygens (including phenoxy) is 1. The number of aryl methyl sites for hydroxylation is 1. The predicted octanol–water partition coefficient (Wildman–Crippen LogP) is 5.78. The topological polar surface area (TPSA) is 39.9 Å². The number of benzene rings is 2. The Balaban J connectivity index is 1.67. The quantitative estimate of drug-likeness (QED) is 0.465. The summed E-state index contributed by atoms with van der Waals surface area (Å²) in [4.78, 5) is 0. The van der Waals surface area contributed by atoms with Gasteiger partial charge >= 0.3 is 0 Å². The summed E-state index contributed by atoms with van der Waals surface area (Å²) in [6.07, 6.45) is 0. The molecule has 0 radical (unpaired) electrons. The number of thioether (sulfide) groups is 1. The van der Waals surface area contributed by atoms with Crippen LogP contribution in [0, 0.1) is 6.92 Å². The van der Waals surface area contributed by atoms with Crippen molar-refractivity contribution in [1.29, 1.82) is 0 Å². The summed E-state index contributed by atoms with van der Waals surface area (Å²) in [6.45, 7) is 5.17. The second-order valence-electron chi connectivity index (χ2n) is 5.78. The maximum absolute atomic E-state index is 6.19. The Morgan fingerprint density at radius 2 is 1.85 bits per heavy atom. The van der Waals surface area contributed by atoms with Crippen LogP contribution >= 0.6 is 35.0 Å². The molecule has 0 fully saturated rings. The van der Waals surface area contributed by atoms with E-state index in [1.807, 2.05) is 49.4 Å². The second kappa shape index (κ2) is 8.80. The van der Waals surface area contributed by atoms with Crippen molar-refractivity contribution in [2.24, 2.45) is 0 Å². The molecular formula is C19H19Cl2N3OS. The highest BCUT2D eigenvalue weighted by atomic mass is 35.5. The van der Waals surface area contributed by atoms with E-state index in [0.29, 0.717) is 17.4 Å². The zero-order valence-corrected chi connectivity index (χ0v) is 16.9. The zero-order valence-electron chi connectivity index (χ0n) is 14.6. The Morgan fingerprint density at radius 1 is 1.08 bits per heavy atom. The lowest BCUT2D eigenvalue weighted by molar-refractivity contribution is 0.288. The molecule has 3 aromatic rings. The van der Waals surface area contributed by atoms with E-state index >= 15 is 0 Å². The maximum atomic E-state index is 6.19. The van der Waals surface area contributed by atoms with Gasteiger partial charge in [0.05, 0.1) is 5.02 Å². The molecule has 1 heterocycles. The van der Waals surface area contributed by atoms with Crippen LogP contribution in [0.15, 0.2) is 47.6 Å². The van der Waals surface area contributed by atoms with Gasteiger partial charge in [0.1, 0.15) is 12.4 Å². The van der Waals surface area contributed by atoms with E-state index in [0.717, 1.165) is 33.9 Å². The average molecular weight is 408 g/mol. The van der Waals surface area contributed by atoms with Crippen molar-refractivity contribution in [3.8, 4) is 5.75 Å². The third-order valence-electron chi connectivity index (χ3n) is 3.83. The zero-order chi connectivity index (χ0) is 18.5. The predicted molar refractivity (Wildman–Crippen MR) is 107 cm³/mol. The summed E-state index contributed by atoms with van der Waals surface area (Å²) in [5.74, 6) is 2.25. The van der Waals surface area contributed by atoms with Crippen LogP contribution in [0.2, 0.25) is 10.0 Å². The number of aromatic nitrogens is 3. The molecule has 136 valence electrons. The molecule has 0 bridgehead atoms. The Labute approximate surface area is 167 Å². The first-order chi connectivity index (χ1) is 12.6. The largest absolute Gasteiger partial charge is 0.484 e. The third-order valence-corrected chi connectivity index (χ3v) is 5.44. The van der Waals surface area contributed by atoms with Crippen molar-refractivity contribution in [3.05, 3.63) is 69.5 Å². The van der Waals surface area contributed by atoms with E-state index in [2.05, 4.69) is 21.7 Å². The maximum Gasteiger partial charge on any atom is 0.191 e. The van der Waals surface area contributed by atoms with Crippen molar-refractivity contribution >= 4 is 35.0 Å². The highest BCUT2D eigenvalue weighted by Gasteiger charge is 2.13. The van der Waals surface area contributed by atoms with Gasteiger partial charge in [-0.2, -0.15) is 0 Å². The molecule has 0 unspecified atom stereocenters. The van der Waals surface area contributed by atoms with Gasteiger partial charge in [-0.05, 0) is 49.2 Å². The van der Waals surface area contributed by atoms with Crippen molar-refractivity contribution in [3.63, 3.8) is 0 Å². The van der Waals surface area contributed by atoms with Crippen molar-refractivity contribution in [1.82, 2.24) is 14.8 Å². The summed E-state index contributed by atoms with van der Waals surface area (Å²) in [6, 6.07) is 13.5. The number of rotatable bonds is 7. The van der Waals surface area contributed by atoms with Gasteiger partial charge in [0.15, 0.2) is 11.0 Å². The van der Waals surface area contributed by atoms with Crippen molar-refractivity contribution in [2.45, 2.75) is 37.9 Å². The first-order valence-electron chi connectivity index (χ1n) is 8.25. The molecule has 0 saturated carbocycles. The van der Waals surface area contributed by atoms with Gasteiger partial charge in [0, 0.05) is 17.3 Å². The lowest BCUT2D eigenvalue weighted by Crippen LogP contribution is -2.07. The third kappa shape index (κ3) is 4.72. The minimum Gasteiger partial charge on any atom is -0.484 e. The molecule has 0 saturated heterocycles. The van der Waals surface area contributed by atoms with Crippen LogP contribution < -0.4 is 4.74 Å². The first-order valence-corrected chi connectivity index (χ1v) is 9.99. The highest BCUT2D eigenvalue weighted by Crippen LogP contribution is 2.27. The molecule has 0 aliphatic carbocycles. The fourth-order valence-corrected chi connectivity index (χ4v) is 3.72. The summed E-state index contributed by atoms with van der Waals surface area (Å²) < 4.78 is 7.92. The normalized spacial score (nSPS) is 10.9. The van der Waals surface area contributed by atoms with E-state index in [4.69, 9.17) is 27.9 Å². The standard InChI is InChI=1S/C19H19Cl2N3OS/c1-3-24-18(11-25-17-10-13(2)4-9-16(17)21)22-23-19(24)26-12-14-5-7-15(20)8-6-14/h4-10H,3,11-12H2,1-2H3. The Morgan fingerprint density at radius 3 is 2.58 bits per heavy atom. The smallest absolute Gasteiger partial charge is 0.191 e. The first kappa shape index (κ1) is 19.1. The van der Waals surface area contributed by atoms with Crippen molar-refractivity contribution < 1.29 is 4.74 Å². The molecule has 0 aliphatic heterocycles. The molecule has 7 heteroatoms. The molecule has 0 atom stereocenters.